The van der Waals surface area contributed by atoms with Gasteiger partial charge in [0.15, 0.2) is 23.3 Å². The lowest BCUT2D eigenvalue weighted by Crippen LogP contribution is -1.87. The van der Waals surface area contributed by atoms with Crippen LogP contribution in [0.2, 0.25) is 0 Å². The van der Waals surface area contributed by atoms with Gasteiger partial charge in [-0.15, -0.1) is 0 Å². The van der Waals surface area contributed by atoms with E-state index in [1.54, 1.807) is 0 Å². The van der Waals surface area contributed by atoms with Crippen LogP contribution < -0.4 is 0 Å². The molecular weight excluding hydrogens is 544 g/mol. The molecular formula is C36H26N8. The molecule has 8 bridgehead atoms. The van der Waals surface area contributed by atoms with Gasteiger partial charge in [-0.05, 0) is 18.4 Å². The minimum absolute atomic E-state index is 0.605. The number of hydrogen-bond acceptors (Lipinski definition) is 6. The van der Waals surface area contributed by atoms with Gasteiger partial charge in [0.25, 0.3) is 0 Å². The summed E-state index contributed by atoms with van der Waals surface area (Å²) in [6.07, 6.45) is 3.14. The molecule has 0 atom stereocenters. The van der Waals surface area contributed by atoms with E-state index in [4.69, 9.17) is 29.9 Å². The molecule has 210 valence electrons. The van der Waals surface area contributed by atoms with Crippen LogP contribution in [0.15, 0.2) is 91.0 Å². The zero-order valence-electron chi connectivity index (χ0n) is 24.0. The number of unbranched alkanes of at least 4 members (excludes halogenated alkanes) is 1. The summed E-state index contributed by atoms with van der Waals surface area (Å²) in [4.78, 5) is 37.5. The summed E-state index contributed by atoms with van der Waals surface area (Å²) >= 11 is 0. The monoisotopic (exact) mass is 570 g/mol. The Hall–Kier alpha value is -5.76. The standard InChI is InChI=1S/C36H26N8/c1-2-3-11-20-12-10-19-27-28(20)36-43-34-26-18-9-8-17-25(26)32(41-34)39-30-22-14-5-4-13-21(22)29(37-30)38-31-23-15-6-7-16-24(23)33(40-31)42-35(27)44-36/h4-10,12-19H,2-3,11H2,1H3,(H2,37,38,39,40,41,42,43,44). The van der Waals surface area contributed by atoms with Gasteiger partial charge in [-0.2, -0.15) is 0 Å². The highest BCUT2D eigenvalue weighted by atomic mass is 15.1. The Labute approximate surface area is 252 Å². The lowest BCUT2D eigenvalue weighted by Gasteiger charge is -2.02. The Balaban J connectivity index is 1.49. The molecule has 8 nitrogen and oxygen atoms in total. The van der Waals surface area contributed by atoms with E-state index in [2.05, 4.69) is 47.2 Å². The van der Waals surface area contributed by atoms with Crippen LogP contribution in [-0.2, 0) is 6.42 Å². The highest BCUT2D eigenvalue weighted by molar-refractivity contribution is 6.07. The molecule has 0 fully saturated rings. The van der Waals surface area contributed by atoms with Crippen molar-refractivity contribution in [3.05, 3.63) is 96.6 Å². The van der Waals surface area contributed by atoms with Crippen molar-refractivity contribution in [3.8, 4) is 45.6 Å². The van der Waals surface area contributed by atoms with E-state index >= 15 is 0 Å². The molecule has 44 heavy (non-hydrogen) atoms. The van der Waals surface area contributed by atoms with E-state index in [0.29, 0.717) is 40.2 Å². The van der Waals surface area contributed by atoms with E-state index in [1.807, 2.05) is 60.7 Å². The van der Waals surface area contributed by atoms with Crippen molar-refractivity contribution in [1.82, 2.24) is 39.9 Å². The van der Waals surface area contributed by atoms with Crippen LogP contribution in [0.5, 0.6) is 0 Å². The minimum Gasteiger partial charge on any atom is -0.324 e. The second-order valence-electron chi connectivity index (χ2n) is 11.2. The van der Waals surface area contributed by atoms with E-state index < -0.39 is 0 Å². The summed E-state index contributed by atoms with van der Waals surface area (Å²) in [7, 11) is 0. The number of hydrogen-bond donors (Lipinski definition) is 2. The highest BCUT2D eigenvalue weighted by Crippen LogP contribution is 2.37. The summed E-state index contributed by atoms with van der Waals surface area (Å²) in [6.45, 7) is 2.21. The Kier molecular flexibility index (Phi) is 5.43. The quantitative estimate of drug-likeness (QED) is 0.222. The fraction of sp³-hybridized carbons (Fsp3) is 0.111. The van der Waals surface area contributed by atoms with Crippen LogP contribution >= 0.6 is 0 Å². The summed E-state index contributed by atoms with van der Waals surface area (Å²) in [6, 6.07) is 30.7. The third-order valence-corrected chi connectivity index (χ3v) is 8.47. The molecule has 0 saturated carbocycles. The van der Waals surface area contributed by atoms with Gasteiger partial charge in [-0.1, -0.05) is 104 Å². The van der Waals surface area contributed by atoms with Gasteiger partial charge in [0.1, 0.15) is 22.6 Å². The first-order valence-electron chi connectivity index (χ1n) is 15.0. The number of aromatic amines is 2. The fourth-order valence-corrected chi connectivity index (χ4v) is 6.34. The molecule has 5 heterocycles. The van der Waals surface area contributed by atoms with Gasteiger partial charge in [0.2, 0.25) is 0 Å². The first-order valence-corrected chi connectivity index (χ1v) is 15.0. The van der Waals surface area contributed by atoms with Crippen LogP contribution in [0.25, 0.3) is 89.7 Å². The summed E-state index contributed by atoms with van der Waals surface area (Å²) in [5.74, 6) is 2.44. The Morgan fingerprint density at radius 2 is 0.886 bits per heavy atom. The Bertz CT molecular complexity index is 2450. The molecule has 0 aliphatic carbocycles. The number of aromatic nitrogens is 8. The average molecular weight is 571 g/mol. The van der Waals surface area contributed by atoms with Crippen LogP contribution in [-0.4, -0.2) is 39.9 Å². The highest BCUT2D eigenvalue weighted by Gasteiger charge is 2.22. The Morgan fingerprint density at radius 3 is 1.41 bits per heavy atom. The van der Waals surface area contributed by atoms with Gasteiger partial charge >= 0.3 is 0 Å². The van der Waals surface area contributed by atoms with Crippen molar-refractivity contribution in [2.24, 2.45) is 0 Å². The minimum atomic E-state index is 0.605. The van der Waals surface area contributed by atoms with Crippen molar-refractivity contribution >= 4 is 44.1 Å². The first kappa shape index (κ1) is 24.8. The molecule has 2 aliphatic rings. The van der Waals surface area contributed by atoms with Crippen molar-refractivity contribution in [1.29, 1.82) is 0 Å². The van der Waals surface area contributed by atoms with Crippen LogP contribution in [0.4, 0.5) is 0 Å². The van der Waals surface area contributed by atoms with Crippen LogP contribution in [0.3, 0.4) is 0 Å². The number of rotatable bonds is 3. The van der Waals surface area contributed by atoms with Crippen molar-refractivity contribution in [3.63, 3.8) is 0 Å². The number of fused-ring (bicyclic) bond motifs is 20. The lowest BCUT2D eigenvalue weighted by atomic mass is 10.0. The number of aryl methyl sites for hydroxylation is 1. The molecule has 0 amide bonds. The average Bonchev–Trinajstić information content (AvgIpc) is 3.79. The third kappa shape index (κ3) is 3.77. The molecule has 9 rings (SSSR count). The van der Waals surface area contributed by atoms with Crippen LogP contribution in [0.1, 0.15) is 25.3 Å². The van der Waals surface area contributed by atoms with Gasteiger partial charge < -0.3 is 9.97 Å². The number of nitrogens with one attached hydrogen (secondary N) is 2. The van der Waals surface area contributed by atoms with E-state index in [1.165, 1.54) is 5.56 Å². The van der Waals surface area contributed by atoms with Gasteiger partial charge in [0.05, 0.1) is 0 Å². The zero-order chi connectivity index (χ0) is 29.2. The number of benzene rings is 4. The molecule has 7 aromatic rings. The molecule has 0 radical (unpaired) electrons. The van der Waals surface area contributed by atoms with E-state index in [0.717, 1.165) is 68.7 Å². The second-order valence-corrected chi connectivity index (χ2v) is 11.2. The van der Waals surface area contributed by atoms with Gasteiger partial charge in [0, 0.05) is 43.8 Å². The van der Waals surface area contributed by atoms with Gasteiger partial charge in [-0.25, -0.2) is 29.9 Å². The topological polar surface area (TPSA) is 109 Å². The summed E-state index contributed by atoms with van der Waals surface area (Å²) in [5, 5.41) is 3.99. The summed E-state index contributed by atoms with van der Waals surface area (Å²) in [5.41, 5.74) is 7.82. The maximum Gasteiger partial charge on any atom is 0.164 e. The van der Waals surface area contributed by atoms with Crippen LogP contribution in [0, 0.1) is 0 Å². The zero-order valence-corrected chi connectivity index (χ0v) is 24.0. The molecule has 2 aliphatic heterocycles. The molecule has 2 N–H and O–H groups in total. The molecule has 0 unspecified atom stereocenters. The molecule has 3 aromatic heterocycles. The largest absolute Gasteiger partial charge is 0.324 e. The molecule has 4 aromatic carbocycles. The number of H-pyrrole nitrogens is 2. The lowest BCUT2D eigenvalue weighted by molar-refractivity contribution is 0.799. The maximum absolute atomic E-state index is 5.18. The van der Waals surface area contributed by atoms with Crippen molar-refractivity contribution < 1.29 is 0 Å². The predicted molar refractivity (Wildman–Crippen MR) is 175 cm³/mol. The molecule has 0 saturated heterocycles. The predicted octanol–water partition coefficient (Wildman–Crippen LogP) is 8.21. The molecule has 0 spiro atoms. The normalized spacial score (nSPS) is 12.0. The first-order chi connectivity index (χ1) is 21.7. The molecule has 8 heteroatoms. The van der Waals surface area contributed by atoms with Crippen molar-refractivity contribution in [2.45, 2.75) is 26.2 Å². The summed E-state index contributed by atoms with van der Waals surface area (Å²) < 4.78 is 0. The second kappa shape index (κ2) is 9.64. The maximum atomic E-state index is 5.18. The smallest absolute Gasteiger partial charge is 0.164 e. The van der Waals surface area contributed by atoms with Crippen molar-refractivity contribution in [2.75, 3.05) is 0 Å². The third-order valence-electron chi connectivity index (χ3n) is 8.47. The number of nitrogens with zero attached hydrogens (tertiary/aromatic N) is 6. The van der Waals surface area contributed by atoms with Gasteiger partial charge in [-0.3, -0.25) is 0 Å². The Morgan fingerprint density at radius 1 is 0.455 bits per heavy atom. The fourth-order valence-electron chi connectivity index (χ4n) is 6.34. The SMILES string of the molecule is CCCCc1cccc2c3nc4nc(nc5[nH]c(nc6nc(nc([nH]3)c12)-c1ccccc1-6)c1ccccc51)-c1ccccc1-4. The van der Waals surface area contributed by atoms with E-state index in [9.17, 15) is 0 Å². The van der Waals surface area contributed by atoms with E-state index in [-0.39, 0.29) is 0 Å².